The molecule has 126 valence electrons. The van der Waals surface area contributed by atoms with Crippen LogP contribution in [0.25, 0.3) is 10.9 Å². The molecule has 2 aromatic heterocycles. The molecule has 0 aliphatic carbocycles. The number of fused-ring (bicyclic) bond motifs is 1. The summed E-state index contributed by atoms with van der Waals surface area (Å²) >= 11 is 0. The summed E-state index contributed by atoms with van der Waals surface area (Å²) < 4.78 is 7.72. The summed E-state index contributed by atoms with van der Waals surface area (Å²) in [4.78, 5) is 5.72. The van der Waals surface area contributed by atoms with Crippen LogP contribution in [0, 0.1) is 5.92 Å². The van der Waals surface area contributed by atoms with Gasteiger partial charge in [-0.1, -0.05) is 6.07 Å². The lowest BCUT2D eigenvalue weighted by Gasteiger charge is -2.22. The maximum atomic E-state index is 5.85. The minimum absolute atomic E-state index is 0.521. The van der Waals surface area contributed by atoms with Crippen LogP contribution in [0.4, 0.5) is 0 Å². The van der Waals surface area contributed by atoms with E-state index in [1.165, 1.54) is 16.5 Å². The van der Waals surface area contributed by atoms with Crippen LogP contribution < -0.4 is 0 Å². The van der Waals surface area contributed by atoms with E-state index >= 15 is 0 Å². The van der Waals surface area contributed by atoms with Crippen LogP contribution in [-0.4, -0.2) is 46.0 Å². The third-order valence-corrected chi connectivity index (χ3v) is 4.72. The maximum absolute atomic E-state index is 5.85. The molecule has 3 aromatic rings. The molecule has 24 heavy (non-hydrogen) atoms. The maximum Gasteiger partial charge on any atom is 0.0764 e. The van der Waals surface area contributed by atoms with Gasteiger partial charge in [0, 0.05) is 44.6 Å². The van der Waals surface area contributed by atoms with Crippen molar-refractivity contribution in [1.82, 2.24) is 19.7 Å². The van der Waals surface area contributed by atoms with Gasteiger partial charge in [0.1, 0.15) is 0 Å². The second-order valence-electron chi connectivity index (χ2n) is 6.76. The number of benzene rings is 1. The first-order valence-corrected chi connectivity index (χ1v) is 8.61. The molecule has 4 rings (SSSR count). The van der Waals surface area contributed by atoms with Crippen LogP contribution in [0.15, 0.2) is 42.7 Å². The quantitative estimate of drug-likeness (QED) is 0.802. The molecular formula is C19H24N4O. The molecule has 1 saturated heterocycles. The number of nitrogens with one attached hydrogen (secondary N) is 1. The Kier molecular flexibility index (Phi) is 4.36. The zero-order valence-electron chi connectivity index (χ0n) is 14.1. The van der Waals surface area contributed by atoms with E-state index in [-0.39, 0.29) is 0 Å². The van der Waals surface area contributed by atoms with E-state index in [1.54, 1.807) is 0 Å². The molecule has 3 heterocycles. The Labute approximate surface area is 142 Å². The van der Waals surface area contributed by atoms with Crippen molar-refractivity contribution in [2.24, 2.45) is 13.0 Å². The average Bonchev–Trinajstić information content (AvgIpc) is 3.13. The van der Waals surface area contributed by atoms with E-state index in [0.717, 1.165) is 45.0 Å². The molecule has 0 saturated carbocycles. The summed E-state index contributed by atoms with van der Waals surface area (Å²) in [7, 11) is 1.97. The molecule has 5 nitrogen and oxygen atoms in total. The number of rotatable bonds is 4. The third-order valence-electron chi connectivity index (χ3n) is 4.72. The predicted octanol–water partition coefficient (Wildman–Crippen LogP) is 2.59. The third kappa shape index (κ3) is 3.52. The Hall–Kier alpha value is -2.11. The summed E-state index contributed by atoms with van der Waals surface area (Å²) in [6.07, 6.45) is 5.06. The number of hydrogen-bond acceptors (Lipinski definition) is 3. The molecule has 0 radical (unpaired) electrons. The number of nitrogens with zero attached hydrogens (tertiary/aromatic N) is 3. The van der Waals surface area contributed by atoms with Crippen LogP contribution in [-0.2, 0) is 24.8 Å². The van der Waals surface area contributed by atoms with Gasteiger partial charge in [-0.05, 0) is 47.6 Å². The lowest BCUT2D eigenvalue weighted by molar-refractivity contribution is 0.121. The van der Waals surface area contributed by atoms with Crippen LogP contribution >= 0.6 is 0 Å². The zero-order valence-corrected chi connectivity index (χ0v) is 14.1. The fourth-order valence-electron chi connectivity index (χ4n) is 3.56. The van der Waals surface area contributed by atoms with Gasteiger partial charge >= 0.3 is 0 Å². The highest BCUT2D eigenvalue weighted by atomic mass is 16.5. The van der Waals surface area contributed by atoms with Gasteiger partial charge in [-0.15, -0.1) is 0 Å². The highest BCUT2D eigenvalue weighted by molar-refractivity contribution is 5.79. The Bertz CT molecular complexity index is 806. The summed E-state index contributed by atoms with van der Waals surface area (Å²) in [6, 6.07) is 10.9. The van der Waals surface area contributed by atoms with Crippen molar-refractivity contribution in [3.8, 4) is 0 Å². The Morgan fingerprint density at radius 2 is 2.25 bits per heavy atom. The fourth-order valence-corrected chi connectivity index (χ4v) is 3.56. The number of aromatic amines is 1. The minimum atomic E-state index is 0.521. The molecule has 1 aliphatic heterocycles. The molecule has 1 aromatic carbocycles. The molecule has 0 spiro atoms. The molecular weight excluding hydrogens is 300 g/mol. The van der Waals surface area contributed by atoms with Crippen molar-refractivity contribution in [2.75, 3.05) is 26.3 Å². The largest absolute Gasteiger partial charge is 0.380 e. The molecule has 0 bridgehead atoms. The van der Waals surface area contributed by atoms with Crippen LogP contribution in [0.3, 0.4) is 0 Å². The fraction of sp³-hybridized carbons (Fsp3) is 0.421. The van der Waals surface area contributed by atoms with Gasteiger partial charge in [-0.2, -0.15) is 5.10 Å². The number of aryl methyl sites for hydroxylation is 1. The van der Waals surface area contributed by atoms with Crippen molar-refractivity contribution < 1.29 is 4.74 Å². The van der Waals surface area contributed by atoms with Crippen molar-refractivity contribution in [1.29, 1.82) is 0 Å². The van der Waals surface area contributed by atoms with Gasteiger partial charge in [-0.3, -0.25) is 9.58 Å². The molecule has 1 fully saturated rings. The number of aromatic nitrogens is 3. The monoisotopic (exact) mass is 324 g/mol. The summed E-state index contributed by atoms with van der Waals surface area (Å²) in [5.41, 5.74) is 3.72. The topological polar surface area (TPSA) is 46.1 Å². The molecule has 1 atom stereocenters. The number of hydrogen-bond donors (Lipinski definition) is 1. The van der Waals surface area contributed by atoms with Crippen LogP contribution in [0.1, 0.15) is 11.3 Å². The van der Waals surface area contributed by atoms with Gasteiger partial charge in [-0.25, -0.2) is 0 Å². The normalized spacial score (nSPS) is 19.6. The highest BCUT2D eigenvalue weighted by Crippen LogP contribution is 2.19. The van der Waals surface area contributed by atoms with E-state index in [9.17, 15) is 0 Å². The van der Waals surface area contributed by atoms with E-state index < -0.39 is 0 Å². The second-order valence-corrected chi connectivity index (χ2v) is 6.76. The SMILES string of the molecule is Cn1ccc(CN2CCOCC(Cc3ccc4[nH]ccc4c3)C2)n1. The van der Waals surface area contributed by atoms with Gasteiger partial charge in [0.2, 0.25) is 0 Å². The van der Waals surface area contributed by atoms with E-state index in [4.69, 9.17) is 4.74 Å². The lowest BCUT2D eigenvalue weighted by atomic mass is 9.98. The van der Waals surface area contributed by atoms with Gasteiger partial charge in [0.05, 0.1) is 18.9 Å². The van der Waals surface area contributed by atoms with Crippen molar-refractivity contribution in [3.05, 3.63) is 54.0 Å². The predicted molar refractivity (Wildman–Crippen MR) is 94.8 cm³/mol. The highest BCUT2D eigenvalue weighted by Gasteiger charge is 2.20. The first kappa shape index (κ1) is 15.4. The summed E-state index contributed by atoms with van der Waals surface area (Å²) in [6.45, 7) is 4.58. The molecule has 0 amide bonds. The Morgan fingerprint density at radius 1 is 1.29 bits per heavy atom. The summed E-state index contributed by atoms with van der Waals surface area (Å²) in [5, 5.41) is 5.79. The lowest BCUT2D eigenvalue weighted by Crippen LogP contribution is -2.30. The molecule has 1 unspecified atom stereocenters. The van der Waals surface area contributed by atoms with Crippen LogP contribution in [0.5, 0.6) is 0 Å². The first-order valence-electron chi connectivity index (χ1n) is 8.61. The number of ether oxygens (including phenoxy) is 1. The van der Waals surface area contributed by atoms with Crippen molar-refractivity contribution in [3.63, 3.8) is 0 Å². The van der Waals surface area contributed by atoms with Gasteiger partial charge < -0.3 is 9.72 Å². The Morgan fingerprint density at radius 3 is 3.12 bits per heavy atom. The van der Waals surface area contributed by atoms with E-state index in [0.29, 0.717) is 5.92 Å². The zero-order chi connectivity index (χ0) is 16.4. The average molecular weight is 324 g/mol. The number of H-pyrrole nitrogens is 1. The molecule has 5 heteroatoms. The second kappa shape index (κ2) is 6.79. The van der Waals surface area contributed by atoms with E-state index in [2.05, 4.69) is 45.3 Å². The van der Waals surface area contributed by atoms with Crippen molar-refractivity contribution in [2.45, 2.75) is 13.0 Å². The first-order chi connectivity index (χ1) is 11.8. The van der Waals surface area contributed by atoms with Gasteiger partial charge in [0.25, 0.3) is 0 Å². The van der Waals surface area contributed by atoms with E-state index in [1.807, 2.05) is 24.1 Å². The van der Waals surface area contributed by atoms with Crippen molar-refractivity contribution >= 4 is 10.9 Å². The van der Waals surface area contributed by atoms with Gasteiger partial charge in [0.15, 0.2) is 0 Å². The standard InChI is InChI=1S/C19H24N4O/c1-22-7-5-18(21-22)13-23-8-9-24-14-16(12-23)10-15-2-3-19-17(11-15)4-6-20-19/h2-7,11,16,20H,8-10,12-14H2,1H3. The smallest absolute Gasteiger partial charge is 0.0764 e. The molecule has 1 aliphatic rings. The minimum Gasteiger partial charge on any atom is -0.380 e. The Balaban J connectivity index is 1.43. The summed E-state index contributed by atoms with van der Waals surface area (Å²) in [5.74, 6) is 0.521. The molecule has 1 N–H and O–H groups in total. The van der Waals surface area contributed by atoms with Crippen LogP contribution in [0.2, 0.25) is 0 Å².